The van der Waals surface area contributed by atoms with Crippen LogP contribution in [0.5, 0.6) is 0 Å². The number of carbonyl (C=O) groups is 1. The third kappa shape index (κ3) is 3.60. The quantitative estimate of drug-likeness (QED) is 0.317. The van der Waals surface area contributed by atoms with Crippen molar-refractivity contribution in [2.45, 2.75) is 67.2 Å². The zero-order valence-corrected chi connectivity index (χ0v) is 20.1. The van der Waals surface area contributed by atoms with Crippen LogP contribution >= 0.6 is 0 Å². The topological polar surface area (TPSA) is 42.9 Å². The molecule has 0 aliphatic heterocycles. The molecule has 0 unspecified atom stereocenters. The molecule has 0 aliphatic rings. The highest BCUT2D eigenvalue weighted by molar-refractivity contribution is 6.19. The lowest BCUT2D eigenvalue weighted by Gasteiger charge is -2.15. The van der Waals surface area contributed by atoms with Crippen molar-refractivity contribution >= 4 is 27.3 Å². The zero-order valence-electron chi connectivity index (χ0n) is 20.1. The van der Waals surface area contributed by atoms with Gasteiger partial charge in [-0.25, -0.2) is 9.97 Å². The number of hydrogen-bond donors (Lipinski definition) is 0. The average Bonchev–Trinajstić information content (AvgIpc) is 2.81. The first-order valence-corrected chi connectivity index (χ1v) is 11.8. The van der Waals surface area contributed by atoms with Crippen molar-refractivity contribution < 1.29 is 4.79 Å². The maximum absolute atomic E-state index is 14.1. The highest BCUT2D eigenvalue weighted by Crippen LogP contribution is 2.31. The van der Waals surface area contributed by atoms with Crippen molar-refractivity contribution in [2.75, 3.05) is 0 Å². The fraction of sp³-hybridized carbons (Fsp3) is 0.345. The van der Waals surface area contributed by atoms with Crippen LogP contribution in [0.4, 0.5) is 0 Å². The molecule has 0 atom stereocenters. The van der Waals surface area contributed by atoms with Crippen molar-refractivity contribution in [3.8, 4) is 0 Å². The van der Waals surface area contributed by atoms with E-state index >= 15 is 0 Å². The largest absolute Gasteiger partial charge is 0.285 e. The van der Waals surface area contributed by atoms with Crippen LogP contribution in [0.25, 0.3) is 21.5 Å². The van der Waals surface area contributed by atoms with E-state index in [1.54, 1.807) is 0 Å². The molecular weight excluding hydrogens is 392 g/mol. The Labute approximate surface area is 190 Å². The lowest BCUT2D eigenvalue weighted by Crippen LogP contribution is -2.12. The minimum atomic E-state index is -0.0811. The molecule has 0 saturated carbocycles. The molecule has 2 heterocycles. The van der Waals surface area contributed by atoms with Gasteiger partial charge in [0.1, 0.15) is 11.4 Å². The Balaban J connectivity index is 2.05. The fourth-order valence-electron chi connectivity index (χ4n) is 4.85. The van der Waals surface area contributed by atoms with E-state index in [0.717, 1.165) is 58.6 Å². The molecule has 164 valence electrons. The van der Waals surface area contributed by atoms with Crippen LogP contribution in [0.15, 0.2) is 36.4 Å². The number of ketones is 1. The van der Waals surface area contributed by atoms with E-state index in [2.05, 4.69) is 77.9 Å². The summed E-state index contributed by atoms with van der Waals surface area (Å²) < 4.78 is 0. The van der Waals surface area contributed by atoms with E-state index in [1.165, 1.54) is 22.3 Å². The van der Waals surface area contributed by atoms with E-state index < -0.39 is 0 Å². The third-order valence-corrected chi connectivity index (χ3v) is 6.69. The first-order chi connectivity index (χ1) is 15.4. The second-order valence-electron chi connectivity index (χ2n) is 8.58. The van der Waals surface area contributed by atoms with E-state index in [0.29, 0.717) is 11.4 Å². The van der Waals surface area contributed by atoms with Gasteiger partial charge in [-0.05, 0) is 84.7 Å². The van der Waals surface area contributed by atoms with Gasteiger partial charge in [0.05, 0.1) is 0 Å². The molecule has 2 aromatic carbocycles. The van der Waals surface area contributed by atoms with Gasteiger partial charge in [-0.2, -0.15) is 0 Å². The molecule has 0 radical (unpaired) electrons. The van der Waals surface area contributed by atoms with Crippen molar-refractivity contribution in [2.24, 2.45) is 0 Å². The van der Waals surface area contributed by atoms with Gasteiger partial charge in [0, 0.05) is 22.2 Å². The number of rotatable bonds is 6. The summed E-state index contributed by atoms with van der Waals surface area (Å²) in [5, 5.41) is 4.14. The number of fused-ring (bicyclic) bond motifs is 2. The Hall–Kier alpha value is -3.07. The Kier molecular flexibility index (Phi) is 6.10. The summed E-state index contributed by atoms with van der Waals surface area (Å²) in [5.41, 5.74) is 8.03. The molecule has 32 heavy (non-hydrogen) atoms. The van der Waals surface area contributed by atoms with Gasteiger partial charge in [-0.1, -0.05) is 52.0 Å². The van der Waals surface area contributed by atoms with Crippen molar-refractivity contribution in [1.82, 2.24) is 9.97 Å². The zero-order chi connectivity index (χ0) is 23.0. The van der Waals surface area contributed by atoms with Crippen molar-refractivity contribution in [1.29, 1.82) is 0 Å². The minimum absolute atomic E-state index is 0.0811. The number of carbonyl (C=O) groups excluding carboxylic acids is 1. The monoisotopic (exact) mass is 424 g/mol. The summed E-state index contributed by atoms with van der Waals surface area (Å²) in [6.45, 7) is 12.8. The molecule has 4 aromatic rings. The fourth-order valence-corrected chi connectivity index (χ4v) is 4.85. The average molecular weight is 425 g/mol. The molecule has 0 fully saturated rings. The Morgan fingerprint density at radius 2 is 1.03 bits per heavy atom. The number of benzene rings is 2. The van der Waals surface area contributed by atoms with Crippen molar-refractivity contribution in [3.63, 3.8) is 0 Å². The number of aromatic nitrogens is 2. The number of aryl methyl sites for hydroxylation is 6. The summed E-state index contributed by atoms with van der Waals surface area (Å²) in [4.78, 5) is 23.7. The first kappa shape index (κ1) is 22.1. The van der Waals surface area contributed by atoms with E-state index in [9.17, 15) is 4.79 Å². The van der Waals surface area contributed by atoms with E-state index in [-0.39, 0.29) is 5.78 Å². The maximum atomic E-state index is 14.1. The van der Waals surface area contributed by atoms with Gasteiger partial charge in [0.15, 0.2) is 0 Å². The predicted octanol–water partition coefficient (Wildman–Crippen LogP) is 6.88. The van der Waals surface area contributed by atoms with Gasteiger partial charge in [0.2, 0.25) is 5.78 Å². The molecule has 3 heteroatoms. The minimum Gasteiger partial charge on any atom is -0.285 e. The molecule has 0 N–H and O–H groups in total. The Morgan fingerprint density at radius 1 is 0.625 bits per heavy atom. The molecular formula is C29H32N2O. The SMILES string of the molecule is CCc1cc2c(CC)c(C)ccc2c(C(=O)c2nc(CC)cc3c(CC)c(C)ccc23)n1. The molecule has 4 rings (SSSR count). The molecule has 0 spiro atoms. The number of hydrogen-bond acceptors (Lipinski definition) is 3. The standard InChI is InChI=1S/C29H32N2O/c1-7-19-15-25-21(9-3)17(5)11-13-23(25)27(30-19)29(32)28-24-14-12-18(6)22(10-4)26(24)16-20(8-2)31-28/h11-16H,7-10H2,1-6H3. The van der Waals surface area contributed by atoms with Gasteiger partial charge in [-0.3, -0.25) is 4.79 Å². The molecule has 0 saturated heterocycles. The smallest absolute Gasteiger partial charge is 0.230 e. The van der Waals surface area contributed by atoms with Crippen LogP contribution in [0.2, 0.25) is 0 Å². The molecule has 0 bridgehead atoms. The molecule has 3 nitrogen and oxygen atoms in total. The van der Waals surface area contributed by atoms with Gasteiger partial charge in [0.25, 0.3) is 0 Å². The Bertz CT molecular complexity index is 1250. The predicted molar refractivity (Wildman–Crippen MR) is 134 cm³/mol. The number of pyridine rings is 2. The molecule has 2 aromatic heterocycles. The number of nitrogens with zero attached hydrogens (tertiary/aromatic N) is 2. The Morgan fingerprint density at radius 3 is 1.38 bits per heavy atom. The highest BCUT2D eigenvalue weighted by Gasteiger charge is 2.22. The first-order valence-electron chi connectivity index (χ1n) is 11.8. The van der Waals surface area contributed by atoms with E-state index in [1.807, 2.05) is 0 Å². The van der Waals surface area contributed by atoms with Crippen LogP contribution < -0.4 is 0 Å². The molecule has 0 aliphatic carbocycles. The van der Waals surface area contributed by atoms with Crippen LogP contribution in [-0.2, 0) is 25.7 Å². The second kappa shape index (κ2) is 8.82. The summed E-state index contributed by atoms with van der Waals surface area (Å²) in [6, 6.07) is 12.6. The van der Waals surface area contributed by atoms with Crippen LogP contribution in [-0.4, -0.2) is 15.8 Å². The molecule has 0 amide bonds. The van der Waals surface area contributed by atoms with Crippen LogP contribution in [0.3, 0.4) is 0 Å². The van der Waals surface area contributed by atoms with Crippen molar-refractivity contribution in [3.05, 3.63) is 81.4 Å². The van der Waals surface area contributed by atoms with Gasteiger partial charge < -0.3 is 0 Å². The normalized spacial score (nSPS) is 11.4. The second-order valence-corrected chi connectivity index (χ2v) is 8.58. The third-order valence-electron chi connectivity index (χ3n) is 6.69. The summed E-state index contributed by atoms with van der Waals surface area (Å²) >= 11 is 0. The van der Waals surface area contributed by atoms with Crippen LogP contribution in [0.1, 0.15) is 77.5 Å². The summed E-state index contributed by atoms with van der Waals surface area (Å²) in [5.74, 6) is -0.0811. The summed E-state index contributed by atoms with van der Waals surface area (Å²) in [6.07, 6.45) is 3.43. The van der Waals surface area contributed by atoms with Crippen LogP contribution in [0, 0.1) is 13.8 Å². The lowest BCUT2D eigenvalue weighted by atomic mass is 9.92. The highest BCUT2D eigenvalue weighted by atomic mass is 16.1. The summed E-state index contributed by atoms with van der Waals surface area (Å²) in [7, 11) is 0. The maximum Gasteiger partial charge on any atom is 0.230 e. The van der Waals surface area contributed by atoms with Gasteiger partial charge in [-0.15, -0.1) is 0 Å². The van der Waals surface area contributed by atoms with E-state index in [4.69, 9.17) is 9.97 Å². The van der Waals surface area contributed by atoms with Gasteiger partial charge >= 0.3 is 0 Å². The lowest BCUT2D eigenvalue weighted by molar-refractivity contribution is 0.103.